The van der Waals surface area contributed by atoms with Gasteiger partial charge < -0.3 is 15.7 Å². The second-order valence-corrected chi connectivity index (χ2v) is 4.35. The molecule has 0 saturated heterocycles. The smallest absolute Gasteiger partial charge is 0.325 e. The van der Waals surface area contributed by atoms with Crippen molar-refractivity contribution in [2.75, 3.05) is 12.0 Å². The first-order valence-corrected chi connectivity index (χ1v) is 6.15. The molecule has 0 radical (unpaired) electrons. The van der Waals surface area contributed by atoms with Crippen LogP contribution in [0.5, 0.6) is 0 Å². The van der Waals surface area contributed by atoms with Gasteiger partial charge in [-0.05, 0) is 32.3 Å². The van der Waals surface area contributed by atoms with Crippen LogP contribution in [0.15, 0.2) is 0 Å². The highest BCUT2D eigenvalue weighted by Crippen LogP contribution is 1.99. The van der Waals surface area contributed by atoms with E-state index >= 15 is 0 Å². The van der Waals surface area contributed by atoms with Gasteiger partial charge in [-0.3, -0.25) is 4.79 Å². The molecular formula is C9H18N2O3S. The van der Waals surface area contributed by atoms with E-state index < -0.39 is 18.0 Å². The summed E-state index contributed by atoms with van der Waals surface area (Å²) in [6.07, 6.45) is 2.87. The Morgan fingerprint density at radius 3 is 2.40 bits per heavy atom. The largest absolute Gasteiger partial charge is 0.480 e. The quantitative estimate of drug-likeness (QED) is 0.638. The summed E-state index contributed by atoms with van der Waals surface area (Å²) >= 11 is 1.71. The topological polar surface area (TPSA) is 78.4 Å². The third kappa shape index (κ3) is 7.07. The van der Waals surface area contributed by atoms with Gasteiger partial charge in [-0.25, -0.2) is 4.79 Å². The van der Waals surface area contributed by atoms with E-state index in [4.69, 9.17) is 5.11 Å². The third-order valence-electron chi connectivity index (χ3n) is 1.85. The third-order valence-corrected chi connectivity index (χ3v) is 2.49. The lowest BCUT2D eigenvalue weighted by Crippen LogP contribution is -2.47. The van der Waals surface area contributed by atoms with Crippen LogP contribution in [-0.2, 0) is 4.79 Å². The van der Waals surface area contributed by atoms with Gasteiger partial charge in [-0.1, -0.05) is 0 Å². The van der Waals surface area contributed by atoms with Crippen LogP contribution < -0.4 is 10.6 Å². The molecule has 0 saturated carbocycles. The Kier molecular flexibility index (Phi) is 6.94. The van der Waals surface area contributed by atoms with Gasteiger partial charge in [-0.2, -0.15) is 11.8 Å². The molecule has 5 nitrogen and oxygen atoms in total. The zero-order chi connectivity index (χ0) is 11.8. The highest BCUT2D eigenvalue weighted by Gasteiger charge is 2.14. The Labute approximate surface area is 94.0 Å². The number of aliphatic carboxylic acids is 1. The van der Waals surface area contributed by atoms with Crippen LogP contribution in [0.25, 0.3) is 0 Å². The average molecular weight is 234 g/mol. The lowest BCUT2D eigenvalue weighted by molar-refractivity contribution is -0.138. The van der Waals surface area contributed by atoms with Crippen molar-refractivity contribution in [1.29, 1.82) is 0 Å². The van der Waals surface area contributed by atoms with Crippen LogP contribution >= 0.6 is 11.8 Å². The summed E-state index contributed by atoms with van der Waals surface area (Å²) in [6, 6.07) is -1.24. The van der Waals surface area contributed by atoms with E-state index in [0.717, 1.165) is 12.2 Å². The van der Waals surface area contributed by atoms with Gasteiger partial charge in [0.05, 0.1) is 0 Å². The predicted octanol–water partition coefficient (Wildman–Crippen LogP) is 0.900. The molecule has 2 atom stereocenters. The van der Waals surface area contributed by atoms with Crippen molar-refractivity contribution >= 4 is 23.8 Å². The van der Waals surface area contributed by atoms with Crippen molar-refractivity contribution in [1.82, 2.24) is 10.6 Å². The molecule has 0 aliphatic rings. The molecule has 2 amide bonds. The average Bonchev–Trinajstić information content (AvgIpc) is 2.14. The van der Waals surface area contributed by atoms with Crippen molar-refractivity contribution in [2.24, 2.45) is 0 Å². The molecule has 0 aromatic heterocycles. The monoisotopic (exact) mass is 234 g/mol. The van der Waals surface area contributed by atoms with Crippen molar-refractivity contribution in [2.45, 2.75) is 32.4 Å². The number of urea groups is 1. The van der Waals surface area contributed by atoms with Crippen molar-refractivity contribution in [3.8, 4) is 0 Å². The van der Waals surface area contributed by atoms with Crippen molar-refractivity contribution < 1.29 is 14.7 Å². The maximum atomic E-state index is 11.2. The molecule has 0 aliphatic carbocycles. The van der Waals surface area contributed by atoms with Crippen LogP contribution in [0.2, 0.25) is 0 Å². The standard InChI is InChI=1S/C9H18N2O3S/c1-6(4-5-15-3)10-9(14)11-7(2)8(12)13/h6-7H,4-5H2,1-3H3,(H,12,13)(H2,10,11,14). The molecule has 0 aromatic rings. The SMILES string of the molecule is CSCCC(C)NC(=O)NC(C)C(=O)O. The van der Waals surface area contributed by atoms with Crippen molar-refractivity contribution in [3.63, 3.8) is 0 Å². The summed E-state index contributed by atoms with van der Waals surface area (Å²) in [5.74, 6) is -0.0717. The van der Waals surface area contributed by atoms with E-state index in [1.54, 1.807) is 11.8 Å². The Morgan fingerprint density at radius 2 is 1.93 bits per heavy atom. The molecule has 0 heterocycles. The molecule has 2 unspecified atom stereocenters. The summed E-state index contributed by atoms with van der Waals surface area (Å²) < 4.78 is 0. The molecule has 0 bridgehead atoms. The Bertz CT molecular complexity index is 223. The van der Waals surface area contributed by atoms with E-state index in [-0.39, 0.29) is 6.04 Å². The van der Waals surface area contributed by atoms with Crippen molar-refractivity contribution in [3.05, 3.63) is 0 Å². The minimum atomic E-state index is -1.04. The number of nitrogens with one attached hydrogen (secondary N) is 2. The molecular weight excluding hydrogens is 216 g/mol. The zero-order valence-corrected chi connectivity index (χ0v) is 10.1. The van der Waals surface area contributed by atoms with Gasteiger partial charge in [0, 0.05) is 6.04 Å². The zero-order valence-electron chi connectivity index (χ0n) is 9.24. The first-order valence-electron chi connectivity index (χ1n) is 4.76. The molecule has 15 heavy (non-hydrogen) atoms. The molecule has 0 rings (SSSR count). The van der Waals surface area contributed by atoms with E-state index in [1.807, 2.05) is 13.2 Å². The van der Waals surface area contributed by atoms with Gasteiger partial charge in [0.1, 0.15) is 6.04 Å². The highest BCUT2D eigenvalue weighted by atomic mass is 32.2. The normalized spacial score (nSPS) is 14.1. The summed E-state index contributed by atoms with van der Waals surface area (Å²) in [6.45, 7) is 3.32. The minimum Gasteiger partial charge on any atom is -0.480 e. The second kappa shape index (κ2) is 7.39. The highest BCUT2D eigenvalue weighted by molar-refractivity contribution is 7.98. The van der Waals surface area contributed by atoms with Gasteiger partial charge in [-0.15, -0.1) is 0 Å². The number of carboxylic acids is 1. The molecule has 0 fully saturated rings. The number of thioether (sulfide) groups is 1. The number of rotatable bonds is 6. The first-order chi connectivity index (χ1) is 6.97. The fourth-order valence-corrected chi connectivity index (χ4v) is 1.48. The Morgan fingerprint density at radius 1 is 1.33 bits per heavy atom. The Balaban J connectivity index is 3.77. The van der Waals surface area contributed by atoms with Gasteiger partial charge >= 0.3 is 12.0 Å². The summed E-state index contributed by atoms with van der Waals surface area (Å²) in [4.78, 5) is 21.7. The molecule has 6 heteroatoms. The second-order valence-electron chi connectivity index (χ2n) is 3.36. The first kappa shape index (κ1) is 14.1. The summed E-state index contributed by atoms with van der Waals surface area (Å²) in [7, 11) is 0. The summed E-state index contributed by atoms with van der Waals surface area (Å²) in [5, 5.41) is 13.6. The van der Waals surface area contributed by atoms with Gasteiger partial charge in [0.2, 0.25) is 0 Å². The maximum absolute atomic E-state index is 11.2. The maximum Gasteiger partial charge on any atom is 0.325 e. The van der Waals surface area contributed by atoms with Gasteiger partial charge in [0.15, 0.2) is 0 Å². The van der Waals surface area contributed by atoms with Crippen LogP contribution in [-0.4, -0.2) is 41.2 Å². The van der Waals surface area contributed by atoms with Crippen LogP contribution in [0.1, 0.15) is 20.3 Å². The lowest BCUT2D eigenvalue weighted by Gasteiger charge is -2.15. The number of hydrogen-bond donors (Lipinski definition) is 3. The fraction of sp³-hybridized carbons (Fsp3) is 0.778. The Hall–Kier alpha value is -0.910. The van der Waals surface area contributed by atoms with Crippen LogP contribution in [0.4, 0.5) is 4.79 Å². The molecule has 0 aliphatic heterocycles. The van der Waals surface area contributed by atoms with E-state index in [2.05, 4.69) is 10.6 Å². The summed E-state index contributed by atoms with van der Waals surface area (Å²) in [5.41, 5.74) is 0. The van der Waals surface area contributed by atoms with E-state index in [9.17, 15) is 9.59 Å². The van der Waals surface area contributed by atoms with Gasteiger partial charge in [0.25, 0.3) is 0 Å². The number of amides is 2. The molecule has 3 N–H and O–H groups in total. The number of carbonyl (C=O) groups excluding carboxylic acids is 1. The number of hydrogen-bond acceptors (Lipinski definition) is 3. The fourth-order valence-electron chi connectivity index (χ4n) is 0.891. The lowest BCUT2D eigenvalue weighted by atomic mass is 10.2. The number of carbonyl (C=O) groups is 2. The minimum absolute atomic E-state index is 0.0541. The van der Waals surface area contributed by atoms with E-state index in [1.165, 1.54) is 6.92 Å². The molecule has 0 aromatic carbocycles. The van der Waals surface area contributed by atoms with E-state index in [0.29, 0.717) is 0 Å². The molecule has 0 spiro atoms. The molecule has 88 valence electrons. The van der Waals surface area contributed by atoms with Crippen LogP contribution in [0, 0.1) is 0 Å². The predicted molar refractivity (Wildman–Crippen MR) is 61.2 cm³/mol. The van der Waals surface area contributed by atoms with Crippen LogP contribution in [0.3, 0.4) is 0 Å². The number of carboxylic acid groups (broad SMARTS) is 1.